The molecule has 1 atom stereocenters. The minimum atomic E-state index is -1.48. The molecule has 0 bridgehead atoms. The number of nitrogens with two attached hydrogens (primary N) is 1. The molecule has 1 unspecified atom stereocenters. The fraction of sp³-hybridized carbons (Fsp3) is 0.375. The lowest BCUT2D eigenvalue weighted by Crippen LogP contribution is -2.55. The molecule has 0 saturated carbocycles. The van der Waals surface area contributed by atoms with E-state index in [2.05, 4.69) is 5.32 Å². The Morgan fingerprint density at radius 3 is 2.50 bits per heavy atom. The van der Waals surface area contributed by atoms with Crippen LogP contribution in [0.1, 0.15) is 13.3 Å². The van der Waals surface area contributed by atoms with Gasteiger partial charge >= 0.3 is 0 Å². The van der Waals surface area contributed by atoms with Crippen LogP contribution in [-0.4, -0.2) is 22.3 Å². The Kier molecular flexibility index (Phi) is 2.95. The van der Waals surface area contributed by atoms with Crippen LogP contribution in [-0.2, 0) is 14.4 Å². The van der Waals surface area contributed by atoms with Crippen molar-refractivity contribution in [2.24, 2.45) is 5.73 Å². The van der Waals surface area contributed by atoms with E-state index >= 15 is 0 Å². The molecular weight excluding hydrogens is 204 g/mol. The molecule has 6 heteroatoms. The van der Waals surface area contributed by atoms with E-state index in [1.807, 2.05) is 0 Å². The molecular formula is C8H10N2O3S. The highest BCUT2D eigenvalue weighted by Gasteiger charge is 2.45. The molecule has 5 nitrogen and oxygen atoms in total. The zero-order chi connectivity index (χ0) is 10.8. The monoisotopic (exact) mass is 214 g/mol. The molecule has 0 fully saturated rings. The van der Waals surface area contributed by atoms with Gasteiger partial charge in [-0.15, -0.1) is 0 Å². The molecule has 1 aliphatic heterocycles. The van der Waals surface area contributed by atoms with Crippen LogP contribution in [0.15, 0.2) is 11.6 Å². The number of rotatable bonds is 4. The molecule has 76 valence electrons. The van der Waals surface area contributed by atoms with Gasteiger partial charge in [-0.2, -0.15) is 0 Å². The van der Waals surface area contributed by atoms with Crippen LogP contribution in [0.2, 0.25) is 0 Å². The summed E-state index contributed by atoms with van der Waals surface area (Å²) in [6.45, 7) is 1.29. The minimum absolute atomic E-state index is 0.287. The molecule has 0 aromatic carbocycles. The summed E-state index contributed by atoms with van der Waals surface area (Å²) < 4.78 is 0. The molecule has 3 N–H and O–H groups in total. The SMILES string of the molecule is CC(=O)CC(=O)C1(C(N)=O)NC=CS1. The number of hydrogen-bond donors (Lipinski definition) is 2. The first-order valence-corrected chi connectivity index (χ1v) is 4.80. The highest BCUT2D eigenvalue weighted by molar-refractivity contribution is 8.05. The van der Waals surface area contributed by atoms with Crippen LogP contribution < -0.4 is 11.1 Å². The van der Waals surface area contributed by atoms with Crippen LogP contribution in [0, 0.1) is 0 Å². The predicted octanol–water partition coefficient (Wildman–Crippen LogP) is -0.476. The smallest absolute Gasteiger partial charge is 0.261 e. The Labute approximate surface area is 85.1 Å². The summed E-state index contributed by atoms with van der Waals surface area (Å²) in [5.74, 6) is -1.57. The van der Waals surface area contributed by atoms with E-state index in [1.165, 1.54) is 13.1 Å². The van der Waals surface area contributed by atoms with Crippen LogP contribution in [0.3, 0.4) is 0 Å². The van der Waals surface area contributed by atoms with Crippen molar-refractivity contribution < 1.29 is 14.4 Å². The molecule has 0 spiro atoms. The largest absolute Gasteiger partial charge is 0.366 e. The van der Waals surface area contributed by atoms with Gasteiger partial charge in [0.25, 0.3) is 5.91 Å². The van der Waals surface area contributed by atoms with E-state index in [4.69, 9.17) is 5.73 Å². The minimum Gasteiger partial charge on any atom is -0.366 e. The number of primary amides is 1. The molecule has 1 rings (SSSR count). The lowest BCUT2D eigenvalue weighted by molar-refractivity contribution is -0.132. The number of amides is 1. The molecule has 0 aromatic heterocycles. The van der Waals surface area contributed by atoms with E-state index in [9.17, 15) is 14.4 Å². The lowest BCUT2D eigenvalue weighted by atomic mass is 10.1. The van der Waals surface area contributed by atoms with Crippen molar-refractivity contribution in [2.75, 3.05) is 0 Å². The Bertz CT molecular complexity index is 317. The van der Waals surface area contributed by atoms with Crippen molar-refractivity contribution in [3.05, 3.63) is 11.6 Å². The van der Waals surface area contributed by atoms with Crippen molar-refractivity contribution >= 4 is 29.2 Å². The number of carbonyl (C=O) groups is 3. The molecule has 0 radical (unpaired) electrons. The first kappa shape index (κ1) is 10.8. The van der Waals surface area contributed by atoms with Gasteiger partial charge in [0.15, 0.2) is 5.78 Å². The molecule has 14 heavy (non-hydrogen) atoms. The van der Waals surface area contributed by atoms with Crippen molar-refractivity contribution in [1.82, 2.24) is 5.32 Å². The van der Waals surface area contributed by atoms with Crippen LogP contribution >= 0.6 is 11.8 Å². The third kappa shape index (κ3) is 1.79. The Morgan fingerprint density at radius 1 is 1.50 bits per heavy atom. The predicted molar refractivity (Wildman–Crippen MR) is 52.1 cm³/mol. The van der Waals surface area contributed by atoms with Crippen molar-refractivity contribution in [3.63, 3.8) is 0 Å². The fourth-order valence-corrected chi connectivity index (χ4v) is 1.88. The van der Waals surface area contributed by atoms with E-state index in [0.717, 1.165) is 11.8 Å². The van der Waals surface area contributed by atoms with Gasteiger partial charge in [0.2, 0.25) is 4.87 Å². The van der Waals surface area contributed by atoms with Crippen LogP contribution in [0.5, 0.6) is 0 Å². The highest BCUT2D eigenvalue weighted by Crippen LogP contribution is 2.30. The first-order valence-electron chi connectivity index (χ1n) is 3.92. The summed E-state index contributed by atoms with van der Waals surface area (Å²) in [6.07, 6.45) is 1.18. The maximum absolute atomic E-state index is 11.6. The van der Waals surface area contributed by atoms with Gasteiger partial charge in [-0.3, -0.25) is 14.4 Å². The Hall–Kier alpha value is -1.30. The van der Waals surface area contributed by atoms with Gasteiger partial charge < -0.3 is 11.1 Å². The quantitative estimate of drug-likeness (QED) is 0.617. The normalized spacial score (nSPS) is 24.4. The third-order valence-electron chi connectivity index (χ3n) is 1.75. The standard InChI is InChI=1S/C8H10N2O3S/c1-5(11)4-6(12)8(7(9)13)10-2-3-14-8/h2-3,10H,4H2,1H3,(H2,9,13). The number of ketones is 2. The fourth-order valence-electron chi connectivity index (χ4n) is 1.08. The van der Waals surface area contributed by atoms with Gasteiger partial charge in [0.05, 0.1) is 6.42 Å². The lowest BCUT2D eigenvalue weighted by Gasteiger charge is -2.22. The second kappa shape index (κ2) is 3.83. The van der Waals surface area contributed by atoms with Gasteiger partial charge in [0, 0.05) is 6.20 Å². The third-order valence-corrected chi connectivity index (χ3v) is 2.92. The number of thioether (sulfide) groups is 1. The first-order chi connectivity index (χ1) is 6.49. The van der Waals surface area contributed by atoms with Crippen molar-refractivity contribution in [2.45, 2.75) is 18.2 Å². The molecule has 0 saturated heterocycles. The Morgan fingerprint density at radius 2 is 2.14 bits per heavy atom. The highest BCUT2D eigenvalue weighted by atomic mass is 32.2. The average Bonchev–Trinajstić information content (AvgIpc) is 2.51. The summed E-state index contributed by atoms with van der Waals surface area (Å²) >= 11 is 0.980. The maximum Gasteiger partial charge on any atom is 0.261 e. The number of carbonyl (C=O) groups excluding carboxylic acids is 3. The second-order valence-electron chi connectivity index (χ2n) is 2.91. The number of nitrogens with one attached hydrogen (secondary N) is 1. The summed E-state index contributed by atoms with van der Waals surface area (Å²) in [4.78, 5) is 32.0. The zero-order valence-corrected chi connectivity index (χ0v) is 8.39. The van der Waals surface area contributed by atoms with Crippen molar-refractivity contribution in [3.8, 4) is 0 Å². The van der Waals surface area contributed by atoms with Gasteiger partial charge in [-0.25, -0.2) is 0 Å². The summed E-state index contributed by atoms with van der Waals surface area (Å²) in [5, 5.41) is 4.14. The van der Waals surface area contributed by atoms with E-state index < -0.39 is 16.6 Å². The topological polar surface area (TPSA) is 89.3 Å². The van der Waals surface area contributed by atoms with Gasteiger partial charge in [0.1, 0.15) is 5.78 Å². The summed E-state index contributed by atoms with van der Waals surface area (Å²) in [6, 6.07) is 0. The van der Waals surface area contributed by atoms with Crippen LogP contribution in [0.4, 0.5) is 0 Å². The summed E-state index contributed by atoms with van der Waals surface area (Å²) in [5.41, 5.74) is 5.11. The van der Waals surface area contributed by atoms with E-state index in [0.29, 0.717) is 0 Å². The molecule has 0 aliphatic carbocycles. The van der Waals surface area contributed by atoms with Crippen LogP contribution in [0.25, 0.3) is 0 Å². The maximum atomic E-state index is 11.6. The molecule has 1 aliphatic rings. The van der Waals surface area contributed by atoms with E-state index in [-0.39, 0.29) is 12.2 Å². The number of hydrogen-bond acceptors (Lipinski definition) is 5. The average molecular weight is 214 g/mol. The second-order valence-corrected chi connectivity index (χ2v) is 4.03. The molecule has 1 amide bonds. The Balaban J connectivity index is 2.84. The van der Waals surface area contributed by atoms with E-state index in [1.54, 1.807) is 5.41 Å². The number of Topliss-reactive ketones (excluding diaryl/α,β-unsaturated/α-hetero) is 2. The van der Waals surface area contributed by atoms with Gasteiger partial charge in [-0.1, -0.05) is 11.8 Å². The van der Waals surface area contributed by atoms with Gasteiger partial charge in [-0.05, 0) is 12.3 Å². The van der Waals surface area contributed by atoms with Crippen molar-refractivity contribution in [1.29, 1.82) is 0 Å². The zero-order valence-electron chi connectivity index (χ0n) is 7.57. The summed E-state index contributed by atoms with van der Waals surface area (Å²) in [7, 11) is 0. The molecule has 1 heterocycles. The molecule has 0 aromatic rings.